The number of hydrogen-bond donors (Lipinski definition) is 1. The number of ether oxygens (including phenoxy) is 1. The summed E-state index contributed by atoms with van der Waals surface area (Å²) in [7, 11) is 1.52. The second-order valence-corrected chi connectivity index (χ2v) is 3.11. The Balaban J connectivity index is 2.66. The highest BCUT2D eigenvalue weighted by Gasteiger charge is 2.03. The molecule has 0 saturated heterocycles. The van der Waals surface area contributed by atoms with E-state index in [1.165, 1.54) is 18.4 Å². The summed E-state index contributed by atoms with van der Waals surface area (Å²) in [4.78, 5) is 12.7. The summed E-state index contributed by atoms with van der Waals surface area (Å²) in [5, 5.41) is 0.493. The predicted octanol–water partition coefficient (Wildman–Crippen LogP) is 0.677. The Morgan fingerprint density at radius 2 is 2.33 bits per heavy atom. The SMILES string of the molecule is COc1ncc2nc(N)sc2n1. The van der Waals surface area contributed by atoms with Crippen molar-refractivity contribution in [3.63, 3.8) is 0 Å². The Labute approximate surface area is 72.2 Å². The van der Waals surface area contributed by atoms with Crippen LogP contribution in [0, 0.1) is 0 Å². The molecule has 0 fully saturated rings. The molecule has 0 saturated carbocycles. The molecular weight excluding hydrogens is 176 g/mol. The zero-order chi connectivity index (χ0) is 8.55. The Kier molecular flexibility index (Phi) is 1.54. The molecule has 0 bridgehead atoms. The summed E-state index contributed by atoms with van der Waals surface area (Å²) in [6.07, 6.45) is 1.59. The summed E-state index contributed by atoms with van der Waals surface area (Å²) in [5.74, 6) is 0. The maximum absolute atomic E-state index is 5.48. The van der Waals surface area contributed by atoms with Gasteiger partial charge in [-0.2, -0.15) is 4.98 Å². The van der Waals surface area contributed by atoms with Gasteiger partial charge in [-0.05, 0) is 0 Å². The number of fused-ring (bicyclic) bond motifs is 1. The first kappa shape index (κ1) is 7.23. The minimum Gasteiger partial charge on any atom is -0.467 e. The molecule has 6 heteroatoms. The number of aromatic nitrogens is 3. The number of nitrogens with zero attached hydrogens (tertiary/aromatic N) is 3. The van der Waals surface area contributed by atoms with Crippen LogP contribution in [-0.2, 0) is 0 Å². The van der Waals surface area contributed by atoms with E-state index in [0.29, 0.717) is 16.7 Å². The smallest absolute Gasteiger partial charge is 0.317 e. The molecule has 62 valence electrons. The third-order valence-electron chi connectivity index (χ3n) is 1.33. The van der Waals surface area contributed by atoms with Crippen molar-refractivity contribution < 1.29 is 4.74 Å². The normalized spacial score (nSPS) is 10.4. The fourth-order valence-corrected chi connectivity index (χ4v) is 1.50. The van der Waals surface area contributed by atoms with E-state index < -0.39 is 0 Å². The highest BCUT2D eigenvalue weighted by molar-refractivity contribution is 7.21. The Hall–Kier alpha value is -1.43. The lowest BCUT2D eigenvalue weighted by molar-refractivity contribution is 0.382. The van der Waals surface area contributed by atoms with E-state index in [1.807, 2.05) is 0 Å². The Morgan fingerprint density at radius 3 is 3.08 bits per heavy atom. The molecule has 12 heavy (non-hydrogen) atoms. The lowest BCUT2D eigenvalue weighted by atomic mass is 10.6. The molecule has 0 aliphatic rings. The number of methoxy groups -OCH3 is 1. The van der Waals surface area contributed by atoms with E-state index >= 15 is 0 Å². The van der Waals surface area contributed by atoms with Gasteiger partial charge in [-0.3, -0.25) is 0 Å². The molecule has 0 radical (unpaired) electrons. The zero-order valence-corrected chi connectivity index (χ0v) is 7.13. The topological polar surface area (TPSA) is 73.9 Å². The quantitative estimate of drug-likeness (QED) is 0.701. The largest absolute Gasteiger partial charge is 0.467 e. The van der Waals surface area contributed by atoms with Crippen molar-refractivity contribution in [1.29, 1.82) is 0 Å². The molecule has 0 atom stereocenters. The molecule has 2 heterocycles. The fraction of sp³-hybridized carbons (Fsp3) is 0.167. The highest BCUT2D eigenvalue weighted by Crippen LogP contribution is 2.21. The summed E-state index contributed by atoms with van der Waals surface area (Å²) in [6.45, 7) is 0. The van der Waals surface area contributed by atoms with Gasteiger partial charge in [0.25, 0.3) is 0 Å². The molecule has 2 aromatic heterocycles. The second kappa shape index (κ2) is 2.56. The summed E-state index contributed by atoms with van der Waals surface area (Å²) in [6, 6.07) is 0.339. The molecule has 0 amide bonds. The van der Waals surface area contributed by atoms with Crippen LogP contribution in [0.4, 0.5) is 5.13 Å². The van der Waals surface area contributed by atoms with Gasteiger partial charge in [0, 0.05) is 0 Å². The summed E-state index contributed by atoms with van der Waals surface area (Å²) < 4.78 is 4.85. The van der Waals surface area contributed by atoms with Gasteiger partial charge in [-0.25, -0.2) is 9.97 Å². The highest BCUT2D eigenvalue weighted by atomic mass is 32.1. The van der Waals surface area contributed by atoms with E-state index in [2.05, 4.69) is 15.0 Å². The van der Waals surface area contributed by atoms with Gasteiger partial charge in [0.05, 0.1) is 13.3 Å². The van der Waals surface area contributed by atoms with Crippen LogP contribution < -0.4 is 10.5 Å². The van der Waals surface area contributed by atoms with Gasteiger partial charge in [0.1, 0.15) is 5.52 Å². The molecule has 0 unspecified atom stereocenters. The van der Waals surface area contributed by atoms with Gasteiger partial charge < -0.3 is 10.5 Å². The molecule has 0 aliphatic heterocycles. The van der Waals surface area contributed by atoms with Crippen LogP contribution in [0.1, 0.15) is 0 Å². The minimum absolute atomic E-state index is 0.339. The van der Waals surface area contributed by atoms with Crippen molar-refractivity contribution >= 4 is 26.8 Å². The maximum Gasteiger partial charge on any atom is 0.317 e. The van der Waals surface area contributed by atoms with E-state index in [0.717, 1.165) is 4.83 Å². The van der Waals surface area contributed by atoms with Gasteiger partial charge in [-0.15, -0.1) is 0 Å². The monoisotopic (exact) mass is 182 g/mol. The van der Waals surface area contributed by atoms with Gasteiger partial charge in [-0.1, -0.05) is 11.3 Å². The number of rotatable bonds is 1. The molecule has 2 rings (SSSR count). The number of nitrogen functional groups attached to an aromatic ring is 1. The van der Waals surface area contributed by atoms with Crippen molar-refractivity contribution in [2.45, 2.75) is 0 Å². The molecule has 2 N–H and O–H groups in total. The van der Waals surface area contributed by atoms with Crippen molar-refractivity contribution in [3.05, 3.63) is 6.20 Å². The third kappa shape index (κ3) is 1.06. The van der Waals surface area contributed by atoms with Gasteiger partial charge in [0.15, 0.2) is 9.96 Å². The number of anilines is 1. The average Bonchev–Trinajstić information content (AvgIpc) is 2.43. The first-order valence-corrected chi connectivity index (χ1v) is 4.04. The van der Waals surface area contributed by atoms with E-state index in [1.54, 1.807) is 6.20 Å². The molecular formula is C6H6N4OS. The molecule has 0 aromatic carbocycles. The zero-order valence-electron chi connectivity index (χ0n) is 6.31. The van der Waals surface area contributed by atoms with Crippen molar-refractivity contribution in [3.8, 4) is 6.01 Å². The fourth-order valence-electron chi connectivity index (χ4n) is 0.835. The van der Waals surface area contributed by atoms with Crippen LogP contribution in [-0.4, -0.2) is 22.1 Å². The molecule has 5 nitrogen and oxygen atoms in total. The van der Waals surface area contributed by atoms with E-state index in [4.69, 9.17) is 10.5 Å². The van der Waals surface area contributed by atoms with Crippen LogP contribution in [0.25, 0.3) is 10.3 Å². The van der Waals surface area contributed by atoms with Crippen LogP contribution >= 0.6 is 11.3 Å². The maximum atomic E-state index is 5.48. The van der Waals surface area contributed by atoms with E-state index in [9.17, 15) is 0 Å². The van der Waals surface area contributed by atoms with Crippen LogP contribution in [0.15, 0.2) is 6.20 Å². The van der Waals surface area contributed by atoms with Crippen molar-refractivity contribution in [1.82, 2.24) is 15.0 Å². The minimum atomic E-state index is 0.339. The predicted molar refractivity (Wildman–Crippen MR) is 46.2 cm³/mol. The molecule has 2 aromatic rings. The standard InChI is InChI=1S/C6H6N4OS/c1-11-6-8-2-3-4(10-6)12-5(7)9-3/h2H,1H3,(H2,7,9). The van der Waals surface area contributed by atoms with Crippen molar-refractivity contribution in [2.75, 3.05) is 12.8 Å². The number of thiazole rings is 1. The van der Waals surface area contributed by atoms with Gasteiger partial charge >= 0.3 is 6.01 Å². The molecule has 0 spiro atoms. The van der Waals surface area contributed by atoms with Crippen molar-refractivity contribution in [2.24, 2.45) is 0 Å². The van der Waals surface area contributed by atoms with Gasteiger partial charge in [0.2, 0.25) is 0 Å². The first-order chi connectivity index (χ1) is 5.79. The van der Waals surface area contributed by atoms with Crippen LogP contribution in [0.5, 0.6) is 6.01 Å². The Morgan fingerprint density at radius 1 is 1.50 bits per heavy atom. The van der Waals surface area contributed by atoms with Crippen LogP contribution in [0.3, 0.4) is 0 Å². The molecule has 0 aliphatic carbocycles. The van der Waals surface area contributed by atoms with E-state index in [-0.39, 0.29) is 0 Å². The Bertz CT molecular complexity index is 413. The summed E-state index contributed by atoms with van der Waals surface area (Å²) in [5.41, 5.74) is 6.19. The lowest BCUT2D eigenvalue weighted by Gasteiger charge is -1.93. The number of nitrogens with two attached hydrogens (primary N) is 1. The lowest BCUT2D eigenvalue weighted by Crippen LogP contribution is -1.89. The second-order valence-electron chi connectivity index (χ2n) is 2.10. The average molecular weight is 182 g/mol. The van der Waals surface area contributed by atoms with Crippen LogP contribution in [0.2, 0.25) is 0 Å². The third-order valence-corrected chi connectivity index (χ3v) is 2.12. The number of hydrogen-bond acceptors (Lipinski definition) is 6. The first-order valence-electron chi connectivity index (χ1n) is 3.22. The summed E-state index contributed by atoms with van der Waals surface area (Å²) >= 11 is 1.32.